The molecule has 0 bridgehead atoms. The summed E-state index contributed by atoms with van der Waals surface area (Å²) in [7, 11) is 0. The molecule has 0 fully saturated rings. The number of allylic oxidation sites excluding steroid dienone is 2. The number of aliphatic hydroxyl groups excluding tert-OH is 1. The molecule has 0 amide bonds. The van der Waals surface area contributed by atoms with Gasteiger partial charge in [-0.15, -0.1) is 0 Å². The fourth-order valence-corrected chi connectivity index (χ4v) is 3.29. The van der Waals surface area contributed by atoms with Crippen LogP contribution in [0.4, 0.5) is 8.78 Å². The van der Waals surface area contributed by atoms with Crippen LogP contribution in [0.1, 0.15) is 58.1 Å². The topological polar surface area (TPSA) is 63.6 Å². The molecule has 1 atom stereocenters. The SMILES string of the molecule is CCC(/C=C/C(O)CC(=O)CC(=O)OC(C)(C)C)=C(c1ccc(F)cc1)c1ccc(F)cc1. The molecule has 0 saturated carbocycles. The number of carbonyl (C=O) groups is 2. The van der Waals surface area contributed by atoms with Crippen LogP contribution < -0.4 is 0 Å². The molecule has 6 heteroatoms. The van der Waals surface area contributed by atoms with Crippen LogP contribution in [0.15, 0.2) is 66.3 Å². The zero-order valence-corrected chi connectivity index (χ0v) is 19.4. The molecule has 0 heterocycles. The van der Waals surface area contributed by atoms with Gasteiger partial charge in [-0.25, -0.2) is 8.78 Å². The highest BCUT2D eigenvalue weighted by Crippen LogP contribution is 2.30. The molecule has 0 spiro atoms. The highest BCUT2D eigenvalue weighted by molar-refractivity contribution is 5.96. The molecule has 1 N–H and O–H groups in total. The van der Waals surface area contributed by atoms with Crippen molar-refractivity contribution in [3.8, 4) is 0 Å². The molecule has 33 heavy (non-hydrogen) atoms. The first-order valence-electron chi connectivity index (χ1n) is 10.8. The summed E-state index contributed by atoms with van der Waals surface area (Å²) in [5, 5.41) is 10.3. The summed E-state index contributed by atoms with van der Waals surface area (Å²) in [4.78, 5) is 23.9. The van der Waals surface area contributed by atoms with Gasteiger partial charge in [0.05, 0.1) is 6.10 Å². The van der Waals surface area contributed by atoms with E-state index in [1.54, 1.807) is 51.1 Å². The molecule has 176 valence electrons. The quantitative estimate of drug-likeness (QED) is 0.295. The van der Waals surface area contributed by atoms with E-state index in [9.17, 15) is 23.5 Å². The van der Waals surface area contributed by atoms with Crippen LogP contribution in [0.25, 0.3) is 5.57 Å². The number of ether oxygens (including phenoxy) is 1. The summed E-state index contributed by atoms with van der Waals surface area (Å²) < 4.78 is 32.1. The molecule has 2 rings (SSSR count). The van der Waals surface area contributed by atoms with Gasteiger partial charge in [0.2, 0.25) is 0 Å². The van der Waals surface area contributed by atoms with E-state index >= 15 is 0 Å². The van der Waals surface area contributed by atoms with Crippen molar-refractivity contribution in [2.24, 2.45) is 0 Å². The monoisotopic (exact) mass is 456 g/mol. The fraction of sp³-hybridized carbons (Fsp3) is 0.333. The Hall–Kier alpha value is -3.12. The first-order chi connectivity index (χ1) is 15.5. The van der Waals surface area contributed by atoms with Crippen molar-refractivity contribution >= 4 is 17.3 Å². The summed E-state index contributed by atoms with van der Waals surface area (Å²) in [6.45, 7) is 7.06. The molecule has 0 radical (unpaired) electrons. The number of carbonyl (C=O) groups excluding carboxylic acids is 2. The molecule has 0 saturated heterocycles. The van der Waals surface area contributed by atoms with Crippen LogP contribution >= 0.6 is 0 Å². The predicted octanol–water partition coefficient (Wildman–Crippen LogP) is 5.78. The average Bonchev–Trinajstić information content (AvgIpc) is 2.71. The van der Waals surface area contributed by atoms with E-state index in [-0.39, 0.29) is 18.1 Å². The van der Waals surface area contributed by atoms with Gasteiger partial charge in [-0.1, -0.05) is 43.3 Å². The van der Waals surface area contributed by atoms with Crippen molar-refractivity contribution in [1.82, 2.24) is 0 Å². The molecule has 1 unspecified atom stereocenters. The number of ketones is 1. The van der Waals surface area contributed by atoms with E-state index in [4.69, 9.17) is 4.74 Å². The number of Topliss-reactive ketones (excluding diaryl/α,β-unsaturated/α-hetero) is 1. The van der Waals surface area contributed by atoms with Crippen LogP contribution in [0.2, 0.25) is 0 Å². The van der Waals surface area contributed by atoms with Crippen LogP contribution in [0.3, 0.4) is 0 Å². The number of halogens is 2. The lowest BCUT2D eigenvalue weighted by Gasteiger charge is -2.19. The van der Waals surface area contributed by atoms with E-state index in [0.29, 0.717) is 6.42 Å². The maximum atomic E-state index is 13.5. The van der Waals surface area contributed by atoms with Crippen molar-refractivity contribution in [2.45, 2.75) is 58.7 Å². The van der Waals surface area contributed by atoms with Gasteiger partial charge in [-0.05, 0) is 73.7 Å². The number of benzene rings is 2. The van der Waals surface area contributed by atoms with Crippen molar-refractivity contribution < 1.29 is 28.2 Å². The van der Waals surface area contributed by atoms with Crippen LogP contribution in [0.5, 0.6) is 0 Å². The summed E-state index contributed by atoms with van der Waals surface area (Å²) in [6.07, 6.45) is 2.03. The minimum Gasteiger partial charge on any atom is -0.460 e. The van der Waals surface area contributed by atoms with E-state index in [0.717, 1.165) is 22.3 Å². The standard InChI is InChI=1S/C27H30F2O4/c1-5-18(10-15-23(30)16-24(31)17-25(32)33-27(2,3)4)26(19-6-11-21(28)12-7-19)20-8-13-22(29)14-9-20/h6-15,23,30H,5,16-17H2,1-4H3/b15-10+. The minimum absolute atomic E-state index is 0.227. The Morgan fingerprint density at radius 1 is 0.970 bits per heavy atom. The average molecular weight is 457 g/mol. The third-order valence-corrected chi connectivity index (χ3v) is 4.69. The Morgan fingerprint density at radius 3 is 1.88 bits per heavy atom. The van der Waals surface area contributed by atoms with E-state index < -0.39 is 29.9 Å². The second-order valence-corrected chi connectivity index (χ2v) is 8.70. The lowest BCUT2D eigenvalue weighted by Crippen LogP contribution is -2.26. The second kappa shape index (κ2) is 11.7. The lowest BCUT2D eigenvalue weighted by molar-refractivity contribution is -0.156. The summed E-state index contributed by atoms with van der Waals surface area (Å²) in [6, 6.07) is 11.9. The summed E-state index contributed by atoms with van der Waals surface area (Å²) >= 11 is 0. The Morgan fingerprint density at radius 2 is 1.45 bits per heavy atom. The first-order valence-corrected chi connectivity index (χ1v) is 10.8. The molecular weight excluding hydrogens is 426 g/mol. The van der Waals surface area contributed by atoms with Gasteiger partial charge >= 0.3 is 5.97 Å². The molecule has 0 aromatic heterocycles. The number of esters is 1. The van der Waals surface area contributed by atoms with Gasteiger partial charge in [0.1, 0.15) is 29.4 Å². The van der Waals surface area contributed by atoms with Gasteiger partial charge < -0.3 is 9.84 Å². The molecule has 0 aliphatic carbocycles. The molecular formula is C27H30F2O4. The van der Waals surface area contributed by atoms with Gasteiger partial charge in [0.15, 0.2) is 0 Å². The normalized spacial score (nSPS) is 12.5. The highest BCUT2D eigenvalue weighted by atomic mass is 19.1. The van der Waals surface area contributed by atoms with Gasteiger partial charge in [-0.3, -0.25) is 9.59 Å². The van der Waals surface area contributed by atoms with Crippen molar-refractivity contribution in [3.63, 3.8) is 0 Å². The van der Waals surface area contributed by atoms with Gasteiger partial charge in [-0.2, -0.15) is 0 Å². The molecule has 2 aromatic rings. The number of hydrogen-bond acceptors (Lipinski definition) is 4. The Labute approximate surface area is 193 Å². The van der Waals surface area contributed by atoms with Crippen molar-refractivity contribution in [2.75, 3.05) is 0 Å². The molecule has 4 nitrogen and oxygen atoms in total. The lowest BCUT2D eigenvalue weighted by atomic mass is 9.91. The zero-order chi connectivity index (χ0) is 24.6. The molecule has 2 aromatic carbocycles. The number of rotatable bonds is 9. The second-order valence-electron chi connectivity index (χ2n) is 8.70. The van der Waals surface area contributed by atoms with E-state index in [1.165, 1.54) is 30.3 Å². The van der Waals surface area contributed by atoms with Gasteiger partial charge in [0, 0.05) is 6.42 Å². The third-order valence-electron chi connectivity index (χ3n) is 4.69. The summed E-state index contributed by atoms with van der Waals surface area (Å²) in [5.41, 5.74) is 2.36. The maximum Gasteiger partial charge on any atom is 0.313 e. The van der Waals surface area contributed by atoms with E-state index in [1.807, 2.05) is 6.92 Å². The Bertz CT molecular complexity index is 966. The van der Waals surface area contributed by atoms with Crippen LogP contribution in [-0.4, -0.2) is 28.6 Å². The van der Waals surface area contributed by atoms with Crippen molar-refractivity contribution in [3.05, 3.63) is 89.0 Å². The Kier molecular flexibility index (Phi) is 9.23. The van der Waals surface area contributed by atoms with Gasteiger partial charge in [0.25, 0.3) is 0 Å². The molecule has 0 aliphatic heterocycles. The largest absolute Gasteiger partial charge is 0.460 e. The Balaban J connectivity index is 2.25. The van der Waals surface area contributed by atoms with E-state index in [2.05, 4.69) is 0 Å². The third kappa shape index (κ3) is 8.73. The maximum absolute atomic E-state index is 13.5. The summed E-state index contributed by atoms with van der Waals surface area (Å²) in [5.74, 6) is -1.80. The zero-order valence-electron chi connectivity index (χ0n) is 19.4. The van der Waals surface area contributed by atoms with Crippen molar-refractivity contribution in [1.29, 1.82) is 0 Å². The predicted molar refractivity (Wildman–Crippen MR) is 124 cm³/mol. The minimum atomic E-state index is -1.09. The highest BCUT2D eigenvalue weighted by Gasteiger charge is 2.20. The molecule has 0 aliphatic rings. The number of hydrogen-bond donors (Lipinski definition) is 1. The first kappa shape index (κ1) is 26.1. The number of aliphatic hydroxyl groups is 1. The van der Waals surface area contributed by atoms with Crippen LogP contribution in [0, 0.1) is 11.6 Å². The smallest absolute Gasteiger partial charge is 0.313 e. The van der Waals surface area contributed by atoms with Crippen LogP contribution in [-0.2, 0) is 14.3 Å². The fourth-order valence-electron chi connectivity index (χ4n) is 3.29.